The number of nitrogens with zero attached hydrogens (tertiary/aromatic N) is 2. The Morgan fingerprint density at radius 1 is 1.35 bits per heavy atom. The van der Waals surface area contributed by atoms with Gasteiger partial charge in [0.1, 0.15) is 6.54 Å². The van der Waals surface area contributed by atoms with Crippen molar-refractivity contribution >= 4 is 5.91 Å². The maximum absolute atomic E-state index is 12.5. The molecule has 1 heterocycles. The molecule has 1 aliphatic rings. The summed E-state index contributed by atoms with van der Waals surface area (Å²) in [5, 5.41) is 16.3. The second kappa shape index (κ2) is 6.51. The van der Waals surface area contributed by atoms with Crippen molar-refractivity contribution in [2.75, 3.05) is 6.61 Å². The number of aryl methyl sites for hydroxylation is 1. The van der Waals surface area contributed by atoms with Crippen molar-refractivity contribution in [1.82, 2.24) is 15.1 Å². The van der Waals surface area contributed by atoms with E-state index in [0.717, 1.165) is 30.4 Å². The van der Waals surface area contributed by atoms with Crippen molar-refractivity contribution < 1.29 is 23.1 Å². The van der Waals surface area contributed by atoms with Gasteiger partial charge in [0.2, 0.25) is 5.91 Å². The predicted molar refractivity (Wildman–Crippen MR) is 77.9 cm³/mol. The Morgan fingerprint density at radius 3 is 2.48 bits per heavy atom. The molecular formula is C15H22F3N3O2. The molecule has 1 saturated carbocycles. The van der Waals surface area contributed by atoms with Crippen LogP contribution < -0.4 is 5.32 Å². The van der Waals surface area contributed by atoms with Gasteiger partial charge >= 0.3 is 6.18 Å². The first-order valence-electron chi connectivity index (χ1n) is 7.67. The fourth-order valence-electron chi connectivity index (χ4n) is 3.19. The molecule has 0 aliphatic heterocycles. The van der Waals surface area contributed by atoms with E-state index in [1.165, 1.54) is 6.92 Å². The minimum Gasteiger partial charge on any atom is -0.394 e. The number of aromatic nitrogens is 2. The van der Waals surface area contributed by atoms with E-state index in [-0.39, 0.29) is 18.9 Å². The van der Waals surface area contributed by atoms with Crippen molar-refractivity contribution in [3.8, 4) is 0 Å². The molecule has 2 rings (SSSR count). The SMILES string of the molecule is Cc1nn(CC(F)(F)F)c(C)c1CC(=O)NC1(CO)CCCC1. The number of aliphatic hydroxyl groups is 1. The van der Waals surface area contributed by atoms with Crippen LogP contribution in [0.5, 0.6) is 0 Å². The van der Waals surface area contributed by atoms with Crippen LogP contribution in [0.1, 0.15) is 42.6 Å². The van der Waals surface area contributed by atoms with Gasteiger partial charge in [-0.1, -0.05) is 12.8 Å². The molecule has 0 saturated heterocycles. The predicted octanol–water partition coefficient (Wildman–Crippen LogP) is 2.03. The molecule has 1 aromatic heterocycles. The highest BCUT2D eigenvalue weighted by atomic mass is 19.4. The Labute approximate surface area is 132 Å². The van der Waals surface area contributed by atoms with E-state index < -0.39 is 18.3 Å². The zero-order chi connectivity index (χ0) is 17.3. The highest BCUT2D eigenvalue weighted by Crippen LogP contribution is 2.29. The Kier molecular flexibility index (Phi) is 5.03. The van der Waals surface area contributed by atoms with Crippen molar-refractivity contribution in [2.24, 2.45) is 0 Å². The van der Waals surface area contributed by atoms with Crippen LogP contribution in [0.15, 0.2) is 0 Å². The number of aliphatic hydroxyl groups excluding tert-OH is 1. The molecule has 8 heteroatoms. The largest absolute Gasteiger partial charge is 0.408 e. The molecule has 0 aromatic carbocycles. The molecule has 0 atom stereocenters. The van der Waals surface area contributed by atoms with E-state index in [4.69, 9.17) is 0 Å². The van der Waals surface area contributed by atoms with Crippen LogP contribution in [0.4, 0.5) is 13.2 Å². The highest BCUT2D eigenvalue weighted by molar-refractivity contribution is 5.80. The van der Waals surface area contributed by atoms with E-state index in [1.807, 2.05) is 0 Å². The number of halogens is 3. The van der Waals surface area contributed by atoms with Crippen molar-refractivity contribution in [3.63, 3.8) is 0 Å². The summed E-state index contributed by atoms with van der Waals surface area (Å²) in [7, 11) is 0. The molecular weight excluding hydrogens is 311 g/mol. The molecule has 130 valence electrons. The number of alkyl halides is 3. The average Bonchev–Trinajstić information content (AvgIpc) is 2.99. The molecule has 1 aliphatic carbocycles. The van der Waals surface area contributed by atoms with Gasteiger partial charge in [-0.25, -0.2) is 0 Å². The molecule has 1 amide bonds. The number of nitrogens with one attached hydrogen (secondary N) is 1. The Morgan fingerprint density at radius 2 is 1.96 bits per heavy atom. The first-order chi connectivity index (χ1) is 10.7. The molecule has 1 fully saturated rings. The number of amides is 1. The minimum absolute atomic E-state index is 0.0305. The van der Waals surface area contributed by atoms with E-state index in [0.29, 0.717) is 17.0 Å². The third-order valence-electron chi connectivity index (χ3n) is 4.47. The van der Waals surface area contributed by atoms with Crippen LogP contribution in [-0.4, -0.2) is 39.1 Å². The van der Waals surface area contributed by atoms with E-state index in [2.05, 4.69) is 10.4 Å². The lowest BCUT2D eigenvalue weighted by atomic mass is 9.98. The number of carbonyl (C=O) groups is 1. The molecule has 0 bridgehead atoms. The van der Waals surface area contributed by atoms with Gasteiger partial charge in [0.25, 0.3) is 0 Å². The summed E-state index contributed by atoms with van der Waals surface area (Å²) in [5.74, 6) is -0.293. The number of rotatable bonds is 5. The third kappa shape index (κ3) is 4.25. The number of hydrogen-bond acceptors (Lipinski definition) is 3. The smallest absolute Gasteiger partial charge is 0.394 e. The van der Waals surface area contributed by atoms with Gasteiger partial charge in [0.15, 0.2) is 0 Å². The topological polar surface area (TPSA) is 67.2 Å². The first kappa shape index (κ1) is 17.8. The molecule has 0 spiro atoms. The van der Waals surface area contributed by atoms with Crippen molar-refractivity contribution in [3.05, 3.63) is 17.0 Å². The quantitative estimate of drug-likeness (QED) is 0.866. The molecule has 5 nitrogen and oxygen atoms in total. The summed E-state index contributed by atoms with van der Waals surface area (Å²) >= 11 is 0. The molecule has 0 unspecified atom stereocenters. The highest BCUT2D eigenvalue weighted by Gasteiger charge is 2.35. The average molecular weight is 333 g/mol. The fraction of sp³-hybridized carbons (Fsp3) is 0.733. The van der Waals surface area contributed by atoms with E-state index in [1.54, 1.807) is 6.92 Å². The monoisotopic (exact) mass is 333 g/mol. The second-order valence-electron chi connectivity index (χ2n) is 6.29. The van der Waals surface area contributed by atoms with Crippen LogP contribution in [0.25, 0.3) is 0 Å². The van der Waals surface area contributed by atoms with Gasteiger partial charge in [-0.2, -0.15) is 18.3 Å². The summed E-state index contributed by atoms with van der Waals surface area (Å²) in [4.78, 5) is 12.2. The maximum Gasteiger partial charge on any atom is 0.408 e. The van der Waals surface area contributed by atoms with Gasteiger partial charge < -0.3 is 10.4 Å². The molecule has 23 heavy (non-hydrogen) atoms. The molecule has 1 aromatic rings. The van der Waals surface area contributed by atoms with E-state index >= 15 is 0 Å². The lowest BCUT2D eigenvalue weighted by Gasteiger charge is -2.28. The lowest BCUT2D eigenvalue weighted by Crippen LogP contribution is -2.49. The summed E-state index contributed by atoms with van der Waals surface area (Å²) in [5.41, 5.74) is 0.699. The number of hydrogen-bond donors (Lipinski definition) is 2. The first-order valence-corrected chi connectivity index (χ1v) is 7.67. The third-order valence-corrected chi connectivity index (χ3v) is 4.47. The van der Waals surface area contributed by atoms with Crippen molar-refractivity contribution in [1.29, 1.82) is 0 Å². The Bertz CT molecular complexity index is 575. The molecule has 0 radical (unpaired) electrons. The zero-order valence-corrected chi connectivity index (χ0v) is 13.3. The standard InChI is InChI=1S/C15H22F3N3O2/c1-10-12(11(2)21(20-10)8-15(16,17)18)7-13(23)19-14(9-22)5-3-4-6-14/h22H,3-9H2,1-2H3,(H,19,23). The summed E-state index contributed by atoms with van der Waals surface area (Å²) in [6.07, 6.45) is -1.04. The second-order valence-corrected chi connectivity index (χ2v) is 6.29. The van der Waals surface area contributed by atoms with Crippen LogP contribution in [0, 0.1) is 13.8 Å². The van der Waals surface area contributed by atoms with Gasteiger partial charge in [-0.15, -0.1) is 0 Å². The summed E-state index contributed by atoms with van der Waals surface area (Å²) in [6, 6.07) is 0. The van der Waals surface area contributed by atoms with Crippen LogP contribution in [0.3, 0.4) is 0 Å². The fourth-order valence-corrected chi connectivity index (χ4v) is 3.19. The summed E-state index contributed by atoms with van der Waals surface area (Å²) in [6.45, 7) is 1.84. The van der Waals surface area contributed by atoms with E-state index in [9.17, 15) is 23.1 Å². The van der Waals surface area contributed by atoms with Gasteiger partial charge in [0, 0.05) is 11.3 Å². The Balaban J connectivity index is 2.09. The Hall–Kier alpha value is -1.57. The van der Waals surface area contributed by atoms with Crippen molar-refractivity contribution in [2.45, 2.75) is 64.2 Å². The van der Waals surface area contributed by atoms with Gasteiger partial charge in [-0.05, 0) is 26.7 Å². The zero-order valence-electron chi connectivity index (χ0n) is 13.3. The maximum atomic E-state index is 12.5. The number of carbonyl (C=O) groups excluding carboxylic acids is 1. The van der Waals surface area contributed by atoms with Crippen LogP contribution in [-0.2, 0) is 17.8 Å². The minimum atomic E-state index is -4.35. The van der Waals surface area contributed by atoms with Crippen LogP contribution >= 0.6 is 0 Å². The molecule has 2 N–H and O–H groups in total. The summed E-state index contributed by atoms with van der Waals surface area (Å²) < 4.78 is 38.5. The lowest BCUT2D eigenvalue weighted by molar-refractivity contribution is -0.143. The normalized spacial score (nSPS) is 17.5. The van der Waals surface area contributed by atoms with Gasteiger partial charge in [0.05, 0.1) is 24.3 Å². The van der Waals surface area contributed by atoms with Crippen LogP contribution in [0.2, 0.25) is 0 Å². The van der Waals surface area contributed by atoms with Gasteiger partial charge in [-0.3, -0.25) is 9.48 Å².